The van der Waals surface area contributed by atoms with Gasteiger partial charge in [0, 0.05) is 37.8 Å². The summed E-state index contributed by atoms with van der Waals surface area (Å²) in [5.41, 5.74) is 0.434. The molecule has 2 rings (SSSR count). The quantitative estimate of drug-likeness (QED) is 0.813. The molecule has 17 heavy (non-hydrogen) atoms. The Kier molecular flexibility index (Phi) is 4.45. The highest BCUT2D eigenvalue weighted by molar-refractivity contribution is 5.03. The van der Waals surface area contributed by atoms with Crippen LogP contribution in [0, 0.1) is 0 Å². The highest BCUT2D eigenvalue weighted by atomic mass is 16.5. The Hall–Kier alpha value is -0.120. The summed E-state index contributed by atoms with van der Waals surface area (Å²) in [4.78, 5) is 2.74. The molecule has 1 saturated heterocycles. The molecule has 0 bridgehead atoms. The van der Waals surface area contributed by atoms with Crippen molar-refractivity contribution in [3.8, 4) is 0 Å². The van der Waals surface area contributed by atoms with E-state index in [1.54, 1.807) is 0 Å². The molecule has 0 amide bonds. The zero-order valence-electron chi connectivity index (χ0n) is 11.7. The second-order valence-electron chi connectivity index (χ2n) is 5.87. The second-order valence-corrected chi connectivity index (χ2v) is 5.87. The number of nitrogens with zero attached hydrogens (tertiary/aromatic N) is 1. The first-order valence-corrected chi connectivity index (χ1v) is 7.21. The van der Waals surface area contributed by atoms with Gasteiger partial charge in [-0.25, -0.2) is 0 Å². The van der Waals surface area contributed by atoms with E-state index in [1.165, 1.54) is 45.2 Å². The van der Waals surface area contributed by atoms with E-state index in [-0.39, 0.29) is 0 Å². The average Bonchev–Trinajstić information content (AvgIpc) is 2.79. The molecule has 0 aromatic carbocycles. The normalized spacial score (nSPS) is 30.9. The van der Waals surface area contributed by atoms with Gasteiger partial charge in [-0.15, -0.1) is 0 Å². The molecule has 1 aliphatic carbocycles. The molecule has 0 aromatic heterocycles. The van der Waals surface area contributed by atoms with E-state index >= 15 is 0 Å². The van der Waals surface area contributed by atoms with E-state index in [2.05, 4.69) is 24.1 Å². The molecule has 0 radical (unpaired) electrons. The molecule has 2 atom stereocenters. The topological polar surface area (TPSA) is 24.5 Å². The molecule has 100 valence electrons. The summed E-state index contributed by atoms with van der Waals surface area (Å²) >= 11 is 0. The standard InChI is InChI=1S/C14H28N2O/c1-4-13-9-16(12(2)10-17-3)14(11-15-13)7-5-6-8-14/h12-13,15H,4-11H2,1-3H3. The average molecular weight is 240 g/mol. The molecule has 1 saturated carbocycles. The number of hydrogen-bond acceptors (Lipinski definition) is 3. The lowest BCUT2D eigenvalue weighted by molar-refractivity contribution is -0.0162. The van der Waals surface area contributed by atoms with Gasteiger partial charge < -0.3 is 10.1 Å². The molecule has 1 heterocycles. The molecule has 0 aromatic rings. The Morgan fingerprint density at radius 2 is 2.12 bits per heavy atom. The Morgan fingerprint density at radius 3 is 2.71 bits per heavy atom. The van der Waals surface area contributed by atoms with E-state index in [0.717, 1.165) is 6.61 Å². The van der Waals surface area contributed by atoms with Gasteiger partial charge in [0.1, 0.15) is 0 Å². The van der Waals surface area contributed by atoms with Crippen molar-refractivity contribution in [3.63, 3.8) is 0 Å². The lowest BCUT2D eigenvalue weighted by Crippen LogP contribution is -2.66. The van der Waals surface area contributed by atoms with Gasteiger partial charge in [-0.2, -0.15) is 0 Å². The van der Waals surface area contributed by atoms with Gasteiger partial charge in [0.2, 0.25) is 0 Å². The molecule has 3 heteroatoms. The van der Waals surface area contributed by atoms with Gasteiger partial charge in [-0.1, -0.05) is 19.8 Å². The van der Waals surface area contributed by atoms with Crippen LogP contribution in [-0.4, -0.2) is 49.3 Å². The third-order valence-corrected chi connectivity index (χ3v) is 4.71. The minimum Gasteiger partial charge on any atom is -0.383 e. The Morgan fingerprint density at radius 1 is 1.41 bits per heavy atom. The number of ether oxygens (including phenoxy) is 1. The number of nitrogens with one attached hydrogen (secondary N) is 1. The van der Waals surface area contributed by atoms with Gasteiger partial charge in [0.15, 0.2) is 0 Å². The van der Waals surface area contributed by atoms with Crippen molar-refractivity contribution < 1.29 is 4.74 Å². The maximum Gasteiger partial charge on any atom is 0.0615 e. The highest BCUT2D eigenvalue weighted by Gasteiger charge is 2.44. The third-order valence-electron chi connectivity index (χ3n) is 4.71. The minimum atomic E-state index is 0.434. The molecule has 3 nitrogen and oxygen atoms in total. The van der Waals surface area contributed by atoms with E-state index < -0.39 is 0 Å². The summed E-state index contributed by atoms with van der Waals surface area (Å²) in [7, 11) is 1.82. The lowest BCUT2D eigenvalue weighted by atomic mass is 9.89. The largest absolute Gasteiger partial charge is 0.383 e. The van der Waals surface area contributed by atoms with E-state index in [9.17, 15) is 0 Å². The maximum absolute atomic E-state index is 5.37. The van der Waals surface area contributed by atoms with Gasteiger partial charge in [0.05, 0.1) is 6.61 Å². The summed E-state index contributed by atoms with van der Waals surface area (Å²) in [5.74, 6) is 0. The summed E-state index contributed by atoms with van der Waals surface area (Å²) in [6, 6.07) is 1.22. The maximum atomic E-state index is 5.37. The fourth-order valence-electron chi connectivity index (χ4n) is 3.68. The fourth-order valence-corrected chi connectivity index (χ4v) is 3.68. The Balaban J connectivity index is 2.08. The number of methoxy groups -OCH3 is 1. The first-order chi connectivity index (χ1) is 8.22. The van der Waals surface area contributed by atoms with Crippen LogP contribution >= 0.6 is 0 Å². The lowest BCUT2D eigenvalue weighted by Gasteiger charge is -2.51. The first kappa shape index (κ1) is 13.3. The second kappa shape index (κ2) is 5.68. The van der Waals surface area contributed by atoms with Crippen LogP contribution in [0.2, 0.25) is 0 Å². The van der Waals surface area contributed by atoms with Crippen LogP contribution in [0.15, 0.2) is 0 Å². The Bertz CT molecular complexity index is 238. The molecule has 2 fully saturated rings. The summed E-state index contributed by atoms with van der Waals surface area (Å²) in [5, 5.41) is 3.75. The smallest absolute Gasteiger partial charge is 0.0615 e. The van der Waals surface area contributed by atoms with Crippen molar-refractivity contribution in [3.05, 3.63) is 0 Å². The molecule has 1 N–H and O–H groups in total. The molecular formula is C14H28N2O. The third kappa shape index (κ3) is 2.67. The van der Waals surface area contributed by atoms with Crippen LogP contribution in [0.3, 0.4) is 0 Å². The van der Waals surface area contributed by atoms with Crippen molar-refractivity contribution >= 4 is 0 Å². The summed E-state index contributed by atoms with van der Waals surface area (Å²) in [6.45, 7) is 7.84. The number of piperazine rings is 1. The van der Waals surface area contributed by atoms with Crippen molar-refractivity contribution in [1.82, 2.24) is 10.2 Å². The molecule has 1 aliphatic heterocycles. The van der Waals surface area contributed by atoms with E-state index in [1.807, 2.05) is 7.11 Å². The monoisotopic (exact) mass is 240 g/mol. The van der Waals surface area contributed by atoms with Crippen LogP contribution in [0.5, 0.6) is 0 Å². The minimum absolute atomic E-state index is 0.434. The highest BCUT2D eigenvalue weighted by Crippen LogP contribution is 2.38. The molecule has 2 unspecified atom stereocenters. The fraction of sp³-hybridized carbons (Fsp3) is 1.00. The zero-order chi connectivity index (χ0) is 12.3. The van der Waals surface area contributed by atoms with Crippen molar-refractivity contribution in [2.75, 3.05) is 26.8 Å². The Labute approximate surface area is 106 Å². The zero-order valence-corrected chi connectivity index (χ0v) is 11.7. The van der Waals surface area contributed by atoms with Gasteiger partial charge in [-0.05, 0) is 26.2 Å². The van der Waals surface area contributed by atoms with E-state index in [4.69, 9.17) is 4.74 Å². The summed E-state index contributed by atoms with van der Waals surface area (Å²) < 4.78 is 5.37. The van der Waals surface area contributed by atoms with Crippen molar-refractivity contribution in [2.24, 2.45) is 0 Å². The molecule has 1 spiro atoms. The molecule has 2 aliphatic rings. The SMILES string of the molecule is CCC1CN(C(C)COC)C2(CCCC2)CN1. The predicted molar refractivity (Wildman–Crippen MR) is 71.3 cm³/mol. The van der Waals surface area contributed by atoms with Crippen molar-refractivity contribution in [2.45, 2.75) is 63.6 Å². The van der Waals surface area contributed by atoms with Gasteiger partial charge >= 0.3 is 0 Å². The van der Waals surface area contributed by atoms with E-state index in [0.29, 0.717) is 17.6 Å². The van der Waals surface area contributed by atoms with Crippen LogP contribution < -0.4 is 5.32 Å². The van der Waals surface area contributed by atoms with Gasteiger partial charge in [-0.3, -0.25) is 4.90 Å². The van der Waals surface area contributed by atoms with Crippen LogP contribution in [0.25, 0.3) is 0 Å². The van der Waals surface area contributed by atoms with Crippen LogP contribution in [-0.2, 0) is 4.74 Å². The van der Waals surface area contributed by atoms with Crippen molar-refractivity contribution in [1.29, 1.82) is 0 Å². The van der Waals surface area contributed by atoms with Crippen LogP contribution in [0.4, 0.5) is 0 Å². The first-order valence-electron chi connectivity index (χ1n) is 7.21. The number of hydrogen-bond donors (Lipinski definition) is 1. The number of rotatable bonds is 4. The van der Waals surface area contributed by atoms with Crippen LogP contribution in [0.1, 0.15) is 46.0 Å². The molecular weight excluding hydrogens is 212 g/mol. The predicted octanol–water partition coefficient (Wildman–Crippen LogP) is 2.02. The summed E-state index contributed by atoms with van der Waals surface area (Å²) in [6.07, 6.45) is 6.75. The van der Waals surface area contributed by atoms with Gasteiger partial charge in [0.25, 0.3) is 0 Å².